The molecule has 108 valence electrons. The minimum atomic E-state index is -0.976. The number of aromatic nitrogens is 2. The van der Waals surface area contributed by atoms with Gasteiger partial charge in [0, 0.05) is 12.1 Å². The Balaban J connectivity index is 2.57. The summed E-state index contributed by atoms with van der Waals surface area (Å²) in [6.45, 7) is 2.55. The summed E-state index contributed by atoms with van der Waals surface area (Å²) in [5.74, 6) is 1.04. The fourth-order valence-corrected chi connectivity index (χ4v) is 2.43. The van der Waals surface area contributed by atoms with Crippen LogP contribution in [0.5, 0.6) is 11.5 Å². The van der Waals surface area contributed by atoms with Gasteiger partial charge in [-0.25, -0.2) is 0 Å². The van der Waals surface area contributed by atoms with E-state index in [0.29, 0.717) is 34.3 Å². The van der Waals surface area contributed by atoms with Crippen molar-refractivity contribution in [2.45, 2.75) is 19.6 Å². The summed E-state index contributed by atoms with van der Waals surface area (Å²) in [5, 5.41) is 15.3. The maximum Gasteiger partial charge on any atom is 0.163 e. The van der Waals surface area contributed by atoms with E-state index >= 15 is 0 Å². The van der Waals surface area contributed by atoms with Crippen LogP contribution in [-0.4, -0.2) is 29.1 Å². The van der Waals surface area contributed by atoms with Gasteiger partial charge in [-0.2, -0.15) is 5.10 Å². The molecular formula is C14H17ClN2O3. The van der Waals surface area contributed by atoms with E-state index in [1.165, 1.54) is 14.2 Å². The van der Waals surface area contributed by atoms with Crippen LogP contribution >= 0.6 is 11.6 Å². The van der Waals surface area contributed by atoms with Crippen molar-refractivity contribution in [1.82, 2.24) is 9.78 Å². The van der Waals surface area contributed by atoms with E-state index < -0.39 is 6.10 Å². The first-order valence-corrected chi connectivity index (χ1v) is 6.62. The Morgan fingerprint density at radius 3 is 2.60 bits per heavy atom. The highest BCUT2D eigenvalue weighted by Gasteiger charge is 2.25. The van der Waals surface area contributed by atoms with Crippen LogP contribution in [0.4, 0.5) is 0 Å². The van der Waals surface area contributed by atoms with Gasteiger partial charge in [0.05, 0.1) is 25.4 Å². The largest absolute Gasteiger partial charge is 0.496 e. The molecule has 0 saturated heterocycles. The highest BCUT2D eigenvalue weighted by atomic mass is 35.5. The van der Waals surface area contributed by atoms with Crippen molar-refractivity contribution >= 4 is 11.6 Å². The first kappa shape index (κ1) is 14.7. The second-order valence-electron chi connectivity index (χ2n) is 4.17. The number of ether oxygens (including phenoxy) is 2. The van der Waals surface area contributed by atoms with Crippen molar-refractivity contribution in [2.24, 2.45) is 0 Å². The molecule has 1 unspecified atom stereocenters. The monoisotopic (exact) mass is 296 g/mol. The van der Waals surface area contributed by atoms with E-state index in [1.54, 1.807) is 29.1 Å². The van der Waals surface area contributed by atoms with Crippen molar-refractivity contribution in [2.75, 3.05) is 14.2 Å². The number of aryl methyl sites for hydroxylation is 1. The van der Waals surface area contributed by atoms with Gasteiger partial charge < -0.3 is 14.6 Å². The molecule has 2 aromatic rings. The van der Waals surface area contributed by atoms with Gasteiger partial charge in [0.2, 0.25) is 0 Å². The number of methoxy groups -OCH3 is 2. The molecule has 0 spiro atoms. The highest BCUT2D eigenvalue weighted by Crippen LogP contribution is 2.38. The molecule has 0 aliphatic rings. The second kappa shape index (κ2) is 6.15. The third-order valence-electron chi connectivity index (χ3n) is 3.13. The normalized spacial score (nSPS) is 12.2. The molecule has 0 radical (unpaired) electrons. The first-order chi connectivity index (χ1) is 9.63. The molecule has 0 fully saturated rings. The summed E-state index contributed by atoms with van der Waals surface area (Å²) >= 11 is 6.20. The Morgan fingerprint density at radius 1 is 1.30 bits per heavy atom. The van der Waals surface area contributed by atoms with Crippen LogP contribution < -0.4 is 9.47 Å². The number of benzene rings is 1. The minimum absolute atomic E-state index is 0.433. The lowest BCUT2D eigenvalue weighted by molar-refractivity contribution is 0.198. The molecule has 1 heterocycles. The van der Waals surface area contributed by atoms with Gasteiger partial charge in [-0.05, 0) is 19.1 Å². The maximum atomic E-state index is 10.7. The summed E-state index contributed by atoms with van der Waals surface area (Å²) in [6.07, 6.45) is 0.599. The number of hydrogen-bond donors (Lipinski definition) is 1. The quantitative estimate of drug-likeness (QED) is 0.921. The molecule has 1 atom stereocenters. The average Bonchev–Trinajstić information content (AvgIpc) is 2.89. The SMILES string of the molecule is CCn1ncc(OC)c1C(O)c1c(Cl)cccc1OC. The molecule has 5 nitrogen and oxygen atoms in total. The van der Waals surface area contributed by atoms with Crippen LogP contribution in [0, 0.1) is 0 Å². The molecule has 2 rings (SSSR count). The minimum Gasteiger partial charge on any atom is -0.496 e. The van der Waals surface area contributed by atoms with E-state index in [4.69, 9.17) is 21.1 Å². The van der Waals surface area contributed by atoms with E-state index in [9.17, 15) is 5.11 Å². The Labute approximate surface area is 122 Å². The van der Waals surface area contributed by atoms with Gasteiger partial charge in [0.25, 0.3) is 0 Å². The molecular weight excluding hydrogens is 280 g/mol. The van der Waals surface area contributed by atoms with Gasteiger partial charge in [-0.1, -0.05) is 17.7 Å². The van der Waals surface area contributed by atoms with Gasteiger partial charge in [-0.15, -0.1) is 0 Å². The fourth-order valence-electron chi connectivity index (χ4n) is 2.16. The Bertz CT molecular complexity index is 577. The molecule has 0 bridgehead atoms. The average molecular weight is 297 g/mol. The number of hydrogen-bond acceptors (Lipinski definition) is 4. The number of nitrogens with zero attached hydrogens (tertiary/aromatic N) is 2. The van der Waals surface area contributed by atoms with Crippen LogP contribution in [0.2, 0.25) is 5.02 Å². The third kappa shape index (κ3) is 2.46. The van der Waals surface area contributed by atoms with Gasteiger partial charge in [0.15, 0.2) is 5.75 Å². The summed E-state index contributed by atoms with van der Waals surface area (Å²) in [4.78, 5) is 0. The van der Waals surface area contributed by atoms with Crippen LogP contribution in [-0.2, 0) is 6.54 Å². The second-order valence-corrected chi connectivity index (χ2v) is 4.58. The molecule has 1 aromatic carbocycles. The highest BCUT2D eigenvalue weighted by molar-refractivity contribution is 6.31. The van der Waals surface area contributed by atoms with Crippen molar-refractivity contribution < 1.29 is 14.6 Å². The standard InChI is InChI=1S/C14H17ClN2O3/c1-4-17-13(11(20-3)8-16-17)14(18)12-9(15)6-5-7-10(12)19-2/h5-8,14,18H,4H2,1-3H3. The smallest absolute Gasteiger partial charge is 0.163 e. The molecule has 0 amide bonds. The van der Waals surface area contributed by atoms with E-state index in [1.807, 2.05) is 6.92 Å². The summed E-state index contributed by atoms with van der Waals surface area (Å²) in [7, 11) is 3.08. The predicted molar refractivity (Wildman–Crippen MR) is 76.5 cm³/mol. The molecule has 0 aliphatic heterocycles. The van der Waals surface area contributed by atoms with Crippen molar-refractivity contribution in [3.63, 3.8) is 0 Å². The molecule has 20 heavy (non-hydrogen) atoms. The van der Waals surface area contributed by atoms with E-state index in [0.717, 1.165) is 0 Å². The number of aliphatic hydroxyl groups is 1. The third-order valence-corrected chi connectivity index (χ3v) is 3.46. The zero-order valence-corrected chi connectivity index (χ0v) is 12.4. The first-order valence-electron chi connectivity index (χ1n) is 6.24. The molecule has 0 aliphatic carbocycles. The topological polar surface area (TPSA) is 56.5 Å². The molecule has 1 N–H and O–H groups in total. The van der Waals surface area contributed by atoms with Crippen molar-refractivity contribution in [3.8, 4) is 11.5 Å². The van der Waals surface area contributed by atoms with Crippen molar-refractivity contribution in [1.29, 1.82) is 0 Å². The lowest BCUT2D eigenvalue weighted by Crippen LogP contribution is -2.11. The Kier molecular flexibility index (Phi) is 4.52. The Morgan fingerprint density at radius 2 is 2.00 bits per heavy atom. The number of rotatable bonds is 5. The zero-order chi connectivity index (χ0) is 14.7. The van der Waals surface area contributed by atoms with Crippen molar-refractivity contribution in [3.05, 3.63) is 40.7 Å². The van der Waals surface area contributed by atoms with Crippen LogP contribution in [0.3, 0.4) is 0 Å². The van der Waals surface area contributed by atoms with Crippen LogP contribution in [0.25, 0.3) is 0 Å². The fraction of sp³-hybridized carbons (Fsp3) is 0.357. The summed E-state index contributed by atoms with van der Waals surface area (Å²) < 4.78 is 12.2. The maximum absolute atomic E-state index is 10.7. The number of aliphatic hydroxyl groups excluding tert-OH is 1. The van der Waals surface area contributed by atoms with Crippen LogP contribution in [0.1, 0.15) is 24.3 Å². The molecule has 0 saturated carbocycles. The van der Waals surface area contributed by atoms with E-state index in [-0.39, 0.29) is 0 Å². The van der Waals surface area contributed by atoms with Crippen LogP contribution in [0.15, 0.2) is 24.4 Å². The van der Waals surface area contributed by atoms with Gasteiger partial charge in [0.1, 0.15) is 17.5 Å². The molecule has 1 aromatic heterocycles. The van der Waals surface area contributed by atoms with Gasteiger partial charge >= 0.3 is 0 Å². The van der Waals surface area contributed by atoms with Gasteiger partial charge in [-0.3, -0.25) is 4.68 Å². The number of halogens is 1. The molecule has 6 heteroatoms. The predicted octanol–water partition coefficient (Wildman–Crippen LogP) is 2.66. The summed E-state index contributed by atoms with van der Waals surface area (Å²) in [6, 6.07) is 5.23. The zero-order valence-electron chi connectivity index (χ0n) is 11.6. The Hall–Kier alpha value is -1.72. The van der Waals surface area contributed by atoms with E-state index in [2.05, 4.69) is 5.10 Å². The summed E-state index contributed by atoms with van der Waals surface area (Å²) in [5.41, 5.74) is 1.06. The lowest BCUT2D eigenvalue weighted by atomic mass is 10.0. The lowest BCUT2D eigenvalue weighted by Gasteiger charge is -2.18.